The number of para-hydroxylation sites is 2. The van der Waals surface area contributed by atoms with Gasteiger partial charge in [0.25, 0.3) is 0 Å². The summed E-state index contributed by atoms with van der Waals surface area (Å²) < 4.78 is 1.94. The lowest BCUT2D eigenvalue weighted by Crippen LogP contribution is -2.42. The van der Waals surface area contributed by atoms with Crippen LogP contribution in [-0.2, 0) is 17.8 Å². The summed E-state index contributed by atoms with van der Waals surface area (Å²) in [6, 6.07) is 14.0. The van der Waals surface area contributed by atoms with E-state index in [9.17, 15) is 4.79 Å². The number of carbonyl (C=O) groups is 1. The van der Waals surface area contributed by atoms with Gasteiger partial charge in [0.1, 0.15) is 6.54 Å². The van der Waals surface area contributed by atoms with E-state index in [1.165, 1.54) is 0 Å². The molecule has 4 rings (SSSR count). The van der Waals surface area contributed by atoms with Crippen LogP contribution in [-0.4, -0.2) is 38.4 Å². The monoisotopic (exact) mass is 334 g/mol. The molecule has 1 unspecified atom stereocenters. The van der Waals surface area contributed by atoms with Crippen LogP contribution in [0, 0.1) is 5.92 Å². The van der Waals surface area contributed by atoms with Crippen LogP contribution in [0.15, 0.2) is 55.0 Å². The molecule has 25 heavy (non-hydrogen) atoms. The SMILES string of the molecule is O=C(Cn1cnc2ccccc21)N1CCCC(Cc2ccccn2)C1. The first-order valence-corrected chi connectivity index (χ1v) is 8.87. The van der Waals surface area contributed by atoms with Crippen molar-refractivity contribution in [2.24, 2.45) is 5.92 Å². The minimum absolute atomic E-state index is 0.175. The molecule has 3 heterocycles. The second-order valence-electron chi connectivity index (χ2n) is 6.73. The largest absolute Gasteiger partial charge is 0.341 e. The van der Waals surface area contributed by atoms with Gasteiger partial charge < -0.3 is 9.47 Å². The highest BCUT2D eigenvalue weighted by atomic mass is 16.2. The standard InChI is InChI=1S/C20H22N4O/c25-20(14-24-15-22-18-8-1-2-9-19(18)24)23-11-5-6-16(13-23)12-17-7-3-4-10-21-17/h1-4,7-10,15-16H,5-6,11-14H2. The normalized spacial score (nSPS) is 17.8. The lowest BCUT2D eigenvalue weighted by molar-refractivity contribution is -0.133. The maximum Gasteiger partial charge on any atom is 0.242 e. The minimum Gasteiger partial charge on any atom is -0.341 e. The van der Waals surface area contributed by atoms with Crippen LogP contribution in [0.1, 0.15) is 18.5 Å². The Hall–Kier alpha value is -2.69. The van der Waals surface area contributed by atoms with Crippen LogP contribution in [0.4, 0.5) is 0 Å². The first-order chi connectivity index (χ1) is 12.3. The van der Waals surface area contributed by atoms with Crippen molar-refractivity contribution < 1.29 is 4.79 Å². The molecule has 0 radical (unpaired) electrons. The van der Waals surface area contributed by atoms with Crippen molar-refractivity contribution in [2.75, 3.05) is 13.1 Å². The van der Waals surface area contributed by atoms with E-state index in [0.717, 1.165) is 49.1 Å². The highest BCUT2D eigenvalue weighted by Gasteiger charge is 2.24. The van der Waals surface area contributed by atoms with Gasteiger partial charge in [-0.25, -0.2) is 4.98 Å². The van der Waals surface area contributed by atoms with E-state index in [-0.39, 0.29) is 5.91 Å². The van der Waals surface area contributed by atoms with Gasteiger partial charge >= 0.3 is 0 Å². The van der Waals surface area contributed by atoms with Gasteiger partial charge in [0.05, 0.1) is 17.4 Å². The second kappa shape index (κ2) is 7.05. The van der Waals surface area contributed by atoms with Gasteiger partial charge in [0.15, 0.2) is 0 Å². The third kappa shape index (κ3) is 3.55. The molecule has 5 nitrogen and oxygen atoms in total. The molecular formula is C20H22N4O. The molecule has 0 N–H and O–H groups in total. The number of imidazole rings is 1. The number of benzene rings is 1. The van der Waals surface area contributed by atoms with E-state index < -0.39 is 0 Å². The summed E-state index contributed by atoms with van der Waals surface area (Å²) in [7, 11) is 0. The smallest absolute Gasteiger partial charge is 0.242 e. The third-order valence-corrected chi connectivity index (χ3v) is 4.93. The van der Waals surface area contributed by atoms with Crippen LogP contribution in [0.5, 0.6) is 0 Å². The summed E-state index contributed by atoms with van der Waals surface area (Å²) in [4.78, 5) is 23.6. The predicted octanol–water partition coefficient (Wildman–Crippen LogP) is 2.91. The van der Waals surface area contributed by atoms with Gasteiger partial charge in [0, 0.05) is 25.0 Å². The summed E-state index contributed by atoms with van der Waals surface area (Å²) in [6.07, 6.45) is 6.77. The van der Waals surface area contributed by atoms with Gasteiger partial charge in [0.2, 0.25) is 5.91 Å². The zero-order valence-electron chi connectivity index (χ0n) is 14.2. The van der Waals surface area contributed by atoms with Gasteiger partial charge in [-0.1, -0.05) is 18.2 Å². The van der Waals surface area contributed by atoms with Crippen LogP contribution in [0.25, 0.3) is 11.0 Å². The Morgan fingerprint density at radius 1 is 1.12 bits per heavy atom. The first kappa shape index (κ1) is 15.8. The topological polar surface area (TPSA) is 51.0 Å². The summed E-state index contributed by atoms with van der Waals surface area (Å²) in [5.74, 6) is 0.668. The highest BCUT2D eigenvalue weighted by molar-refractivity contribution is 5.80. The molecule has 0 saturated carbocycles. The zero-order chi connectivity index (χ0) is 17.1. The fraction of sp³-hybridized carbons (Fsp3) is 0.350. The Morgan fingerprint density at radius 2 is 2.00 bits per heavy atom. The number of fused-ring (bicyclic) bond motifs is 1. The van der Waals surface area contributed by atoms with E-state index in [0.29, 0.717) is 12.5 Å². The van der Waals surface area contributed by atoms with Gasteiger partial charge in [-0.3, -0.25) is 9.78 Å². The van der Waals surface area contributed by atoms with E-state index in [1.54, 1.807) is 6.33 Å². The summed E-state index contributed by atoms with van der Waals surface area (Å²) >= 11 is 0. The van der Waals surface area contributed by atoms with Crippen molar-refractivity contribution in [1.82, 2.24) is 19.4 Å². The predicted molar refractivity (Wildman–Crippen MR) is 97.0 cm³/mol. The lowest BCUT2D eigenvalue weighted by Gasteiger charge is -2.33. The molecule has 3 aromatic rings. The number of aromatic nitrogens is 3. The van der Waals surface area contributed by atoms with Crippen molar-refractivity contribution in [2.45, 2.75) is 25.8 Å². The molecule has 1 amide bonds. The summed E-state index contributed by atoms with van der Waals surface area (Å²) in [5.41, 5.74) is 3.06. The molecule has 1 aliphatic heterocycles. The number of nitrogens with zero attached hydrogens (tertiary/aromatic N) is 4. The highest BCUT2D eigenvalue weighted by Crippen LogP contribution is 2.21. The summed E-state index contributed by atoms with van der Waals surface area (Å²) in [5, 5.41) is 0. The maximum atomic E-state index is 12.8. The Morgan fingerprint density at radius 3 is 2.88 bits per heavy atom. The first-order valence-electron chi connectivity index (χ1n) is 8.87. The van der Waals surface area contributed by atoms with Crippen molar-refractivity contribution in [3.8, 4) is 0 Å². The molecule has 1 aliphatic rings. The van der Waals surface area contributed by atoms with Crippen LogP contribution in [0.2, 0.25) is 0 Å². The van der Waals surface area contributed by atoms with E-state index in [1.807, 2.05) is 52.1 Å². The zero-order valence-corrected chi connectivity index (χ0v) is 14.2. The number of hydrogen-bond acceptors (Lipinski definition) is 3. The quantitative estimate of drug-likeness (QED) is 0.737. The number of amides is 1. The molecule has 128 valence electrons. The fourth-order valence-electron chi connectivity index (χ4n) is 3.65. The summed E-state index contributed by atoms with van der Waals surface area (Å²) in [6.45, 7) is 2.03. The molecule has 1 atom stereocenters. The van der Waals surface area contributed by atoms with E-state index >= 15 is 0 Å². The third-order valence-electron chi connectivity index (χ3n) is 4.93. The molecule has 1 saturated heterocycles. The molecule has 0 bridgehead atoms. The van der Waals surface area contributed by atoms with Crippen molar-refractivity contribution in [3.05, 3.63) is 60.7 Å². The van der Waals surface area contributed by atoms with Crippen molar-refractivity contribution in [1.29, 1.82) is 0 Å². The minimum atomic E-state index is 0.175. The Kier molecular flexibility index (Phi) is 4.46. The average molecular weight is 334 g/mol. The molecular weight excluding hydrogens is 312 g/mol. The average Bonchev–Trinajstić information content (AvgIpc) is 3.06. The Bertz CT molecular complexity index is 858. The van der Waals surface area contributed by atoms with Crippen LogP contribution in [0.3, 0.4) is 0 Å². The van der Waals surface area contributed by atoms with Crippen LogP contribution < -0.4 is 0 Å². The van der Waals surface area contributed by atoms with Crippen molar-refractivity contribution in [3.63, 3.8) is 0 Å². The lowest BCUT2D eigenvalue weighted by atomic mass is 9.93. The number of rotatable bonds is 4. The number of likely N-dealkylation sites (tertiary alicyclic amines) is 1. The Balaban J connectivity index is 1.41. The van der Waals surface area contributed by atoms with Gasteiger partial charge in [-0.15, -0.1) is 0 Å². The maximum absolute atomic E-state index is 12.8. The van der Waals surface area contributed by atoms with E-state index in [2.05, 4.69) is 16.0 Å². The fourth-order valence-corrected chi connectivity index (χ4v) is 3.65. The molecule has 1 fully saturated rings. The molecule has 2 aromatic heterocycles. The molecule has 0 aliphatic carbocycles. The number of pyridine rings is 1. The van der Waals surface area contributed by atoms with Gasteiger partial charge in [-0.05, 0) is 49.4 Å². The van der Waals surface area contributed by atoms with Gasteiger partial charge in [-0.2, -0.15) is 0 Å². The Labute approximate surface area is 147 Å². The number of piperidine rings is 1. The number of carbonyl (C=O) groups excluding carboxylic acids is 1. The van der Waals surface area contributed by atoms with Crippen molar-refractivity contribution >= 4 is 16.9 Å². The molecule has 5 heteroatoms. The molecule has 0 spiro atoms. The molecule has 1 aromatic carbocycles. The second-order valence-corrected chi connectivity index (χ2v) is 6.73. The number of hydrogen-bond donors (Lipinski definition) is 0. The van der Waals surface area contributed by atoms with Crippen LogP contribution >= 0.6 is 0 Å². The van der Waals surface area contributed by atoms with E-state index in [4.69, 9.17) is 0 Å².